The van der Waals surface area contributed by atoms with Crippen LogP contribution >= 0.6 is 0 Å². The molecule has 6 N–H and O–H groups in total. The SMILES string of the molecule is CNC(=O)NCc1nc2c(N)nc3ccccc3c2n1CCN. The van der Waals surface area contributed by atoms with Gasteiger partial charge in [-0.05, 0) is 6.07 Å². The molecule has 0 bridgehead atoms. The fourth-order valence-electron chi connectivity index (χ4n) is 2.66. The highest BCUT2D eigenvalue weighted by molar-refractivity contribution is 6.06. The van der Waals surface area contributed by atoms with E-state index >= 15 is 0 Å². The van der Waals surface area contributed by atoms with Crippen LogP contribution in [0.3, 0.4) is 0 Å². The van der Waals surface area contributed by atoms with E-state index in [1.54, 1.807) is 7.05 Å². The molecule has 0 aliphatic rings. The first kappa shape index (κ1) is 15.0. The number of rotatable bonds is 4. The average Bonchev–Trinajstić information content (AvgIpc) is 2.93. The van der Waals surface area contributed by atoms with Crippen LogP contribution in [0.4, 0.5) is 10.6 Å². The zero-order valence-corrected chi connectivity index (χ0v) is 12.8. The zero-order valence-electron chi connectivity index (χ0n) is 12.8. The van der Waals surface area contributed by atoms with Crippen molar-refractivity contribution in [1.82, 2.24) is 25.2 Å². The van der Waals surface area contributed by atoms with Gasteiger partial charge in [-0.3, -0.25) is 0 Å². The van der Waals surface area contributed by atoms with Crippen LogP contribution in [0, 0.1) is 0 Å². The van der Waals surface area contributed by atoms with Gasteiger partial charge in [0.2, 0.25) is 0 Å². The third kappa shape index (κ3) is 2.64. The molecule has 2 heterocycles. The molecule has 0 saturated heterocycles. The van der Waals surface area contributed by atoms with Crippen molar-refractivity contribution < 1.29 is 4.79 Å². The van der Waals surface area contributed by atoms with E-state index in [0.717, 1.165) is 16.4 Å². The molecule has 2 amide bonds. The number of nitrogens with one attached hydrogen (secondary N) is 2. The Morgan fingerprint density at radius 3 is 2.83 bits per heavy atom. The van der Waals surface area contributed by atoms with Gasteiger partial charge in [-0.2, -0.15) is 0 Å². The molecule has 0 aliphatic heterocycles. The summed E-state index contributed by atoms with van der Waals surface area (Å²) >= 11 is 0. The van der Waals surface area contributed by atoms with E-state index in [0.29, 0.717) is 30.2 Å². The van der Waals surface area contributed by atoms with Gasteiger partial charge in [0, 0.05) is 25.5 Å². The molecule has 8 nitrogen and oxygen atoms in total. The third-order valence-electron chi connectivity index (χ3n) is 3.68. The number of urea groups is 1. The quantitative estimate of drug-likeness (QED) is 0.560. The maximum Gasteiger partial charge on any atom is 0.314 e. The summed E-state index contributed by atoms with van der Waals surface area (Å²) in [5.41, 5.74) is 14.1. The summed E-state index contributed by atoms with van der Waals surface area (Å²) in [6, 6.07) is 7.48. The number of para-hydroxylation sites is 1. The lowest BCUT2D eigenvalue weighted by Gasteiger charge is -2.10. The Labute approximate surface area is 132 Å². The molecule has 0 atom stereocenters. The van der Waals surface area contributed by atoms with Gasteiger partial charge in [-0.15, -0.1) is 0 Å². The smallest absolute Gasteiger partial charge is 0.314 e. The summed E-state index contributed by atoms with van der Waals surface area (Å²) in [6.45, 7) is 1.31. The van der Waals surface area contributed by atoms with Gasteiger partial charge in [0.25, 0.3) is 0 Å². The second-order valence-corrected chi connectivity index (χ2v) is 5.11. The van der Waals surface area contributed by atoms with E-state index in [1.807, 2.05) is 28.8 Å². The maximum atomic E-state index is 11.4. The van der Waals surface area contributed by atoms with Crippen LogP contribution in [-0.4, -0.2) is 34.2 Å². The zero-order chi connectivity index (χ0) is 16.4. The van der Waals surface area contributed by atoms with Crippen LogP contribution in [0.25, 0.3) is 21.9 Å². The van der Waals surface area contributed by atoms with Gasteiger partial charge in [-0.1, -0.05) is 18.2 Å². The molecule has 3 aromatic rings. The Kier molecular flexibility index (Phi) is 3.98. The first-order valence-electron chi connectivity index (χ1n) is 7.34. The molecule has 0 unspecified atom stereocenters. The molecule has 3 rings (SSSR count). The summed E-state index contributed by atoms with van der Waals surface area (Å²) in [6.07, 6.45) is 0. The van der Waals surface area contributed by atoms with Crippen LogP contribution in [0.2, 0.25) is 0 Å². The van der Waals surface area contributed by atoms with Gasteiger partial charge in [0.1, 0.15) is 11.3 Å². The van der Waals surface area contributed by atoms with Crippen molar-refractivity contribution in [2.24, 2.45) is 5.73 Å². The van der Waals surface area contributed by atoms with Gasteiger partial charge < -0.3 is 26.7 Å². The molecular weight excluding hydrogens is 294 g/mol. The fraction of sp³-hybridized carbons (Fsp3) is 0.267. The fourth-order valence-corrected chi connectivity index (χ4v) is 2.66. The predicted molar refractivity (Wildman–Crippen MR) is 89.8 cm³/mol. The van der Waals surface area contributed by atoms with Crippen LogP contribution in [-0.2, 0) is 13.1 Å². The van der Waals surface area contributed by atoms with Crippen molar-refractivity contribution >= 4 is 33.8 Å². The molecule has 0 radical (unpaired) electrons. The lowest BCUT2D eigenvalue weighted by Crippen LogP contribution is -2.33. The highest BCUT2D eigenvalue weighted by Gasteiger charge is 2.17. The first-order chi connectivity index (χ1) is 11.2. The summed E-state index contributed by atoms with van der Waals surface area (Å²) in [4.78, 5) is 20.4. The topological polar surface area (TPSA) is 124 Å². The molecule has 1 aromatic carbocycles. The molecular formula is C15H19N7O. The highest BCUT2D eigenvalue weighted by atomic mass is 16.2. The summed E-state index contributed by atoms with van der Waals surface area (Å²) in [7, 11) is 1.56. The molecule has 0 aliphatic carbocycles. The number of nitrogens with two attached hydrogens (primary N) is 2. The normalized spacial score (nSPS) is 11.0. The number of amides is 2. The van der Waals surface area contributed by atoms with Gasteiger partial charge in [0.15, 0.2) is 5.82 Å². The van der Waals surface area contributed by atoms with E-state index in [1.165, 1.54) is 0 Å². The largest absolute Gasteiger partial charge is 0.382 e. The first-order valence-corrected chi connectivity index (χ1v) is 7.34. The molecule has 120 valence electrons. The van der Waals surface area contributed by atoms with Crippen molar-refractivity contribution in [3.8, 4) is 0 Å². The molecule has 0 spiro atoms. The van der Waals surface area contributed by atoms with Crippen molar-refractivity contribution in [2.75, 3.05) is 19.3 Å². The second-order valence-electron chi connectivity index (χ2n) is 5.11. The van der Waals surface area contributed by atoms with E-state index in [-0.39, 0.29) is 12.6 Å². The minimum Gasteiger partial charge on any atom is -0.382 e. The number of carbonyl (C=O) groups excluding carboxylic acids is 1. The lowest BCUT2D eigenvalue weighted by atomic mass is 10.2. The number of imidazole rings is 1. The minimum atomic E-state index is -0.271. The minimum absolute atomic E-state index is 0.271. The standard InChI is InChI=1S/C15H19N7O/c1-18-15(23)19-8-11-21-12-13(22(11)7-6-16)9-4-2-3-5-10(9)20-14(12)17/h2-5H,6-8,16H2,1H3,(H2,17,20)(H2,18,19,23). The van der Waals surface area contributed by atoms with E-state index in [9.17, 15) is 4.79 Å². The average molecular weight is 313 g/mol. The highest BCUT2D eigenvalue weighted by Crippen LogP contribution is 2.28. The van der Waals surface area contributed by atoms with Crippen molar-refractivity contribution in [3.05, 3.63) is 30.1 Å². The van der Waals surface area contributed by atoms with Crippen molar-refractivity contribution in [1.29, 1.82) is 0 Å². The van der Waals surface area contributed by atoms with Crippen molar-refractivity contribution in [3.63, 3.8) is 0 Å². The Hall–Kier alpha value is -2.87. The number of pyridine rings is 1. The molecule has 2 aromatic heterocycles. The Bertz CT molecular complexity index is 871. The number of hydrogen-bond donors (Lipinski definition) is 4. The summed E-state index contributed by atoms with van der Waals surface area (Å²) in [5.74, 6) is 1.06. The van der Waals surface area contributed by atoms with Gasteiger partial charge >= 0.3 is 6.03 Å². The molecule has 0 saturated carbocycles. The van der Waals surface area contributed by atoms with Crippen LogP contribution in [0.15, 0.2) is 24.3 Å². The third-order valence-corrected chi connectivity index (χ3v) is 3.68. The molecule has 23 heavy (non-hydrogen) atoms. The lowest BCUT2D eigenvalue weighted by molar-refractivity contribution is 0.242. The Balaban J connectivity index is 2.21. The number of hydrogen-bond acceptors (Lipinski definition) is 5. The Morgan fingerprint density at radius 2 is 2.09 bits per heavy atom. The summed E-state index contributed by atoms with van der Waals surface area (Å²) < 4.78 is 1.99. The van der Waals surface area contributed by atoms with E-state index in [4.69, 9.17) is 11.5 Å². The number of nitrogen functional groups attached to an aromatic ring is 1. The maximum absolute atomic E-state index is 11.4. The number of aromatic nitrogens is 3. The number of fused-ring (bicyclic) bond motifs is 3. The molecule has 8 heteroatoms. The van der Waals surface area contributed by atoms with Gasteiger partial charge in [0.05, 0.1) is 17.6 Å². The predicted octanol–water partition coefficient (Wildman–Crippen LogP) is 0.554. The monoisotopic (exact) mass is 313 g/mol. The number of nitrogens with zero attached hydrogens (tertiary/aromatic N) is 3. The van der Waals surface area contributed by atoms with Crippen molar-refractivity contribution in [2.45, 2.75) is 13.1 Å². The van der Waals surface area contributed by atoms with Crippen LogP contribution < -0.4 is 22.1 Å². The number of benzene rings is 1. The number of anilines is 1. The van der Waals surface area contributed by atoms with Gasteiger partial charge in [-0.25, -0.2) is 14.8 Å². The van der Waals surface area contributed by atoms with Crippen LogP contribution in [0.1, 0.15) is 5.82 Å². The van der Waals surface area contributed by atoms with E-state index in [2.05, 4.69) is 20.6 Å². The summed E-state index contributed by atoms with van der Waals surface area (Å²) in [5, 5.41) is 6.22. The van der Waals surface area contributed by atoms with Crippen LogP contribution in [0.5, 0.6) is 0 Å². The Morgan fingerprint density at radius 1 is 1.30 bits per heavy atom. The second kappa shape index (κ2) is 6.09. The molecule has 0 fully saturated rings. The van der Waals surface area contributed by atoms with E-state index < -0.39 is 0 Å². The number of carbonyl (C=O) groups is 1.